The topological polar surface area (TPSA) is 75.8 Å². The Kier molecular flexibility index (Phi) is 5.90. The molecule has 0 bridgehead atoms. The molecule has 1 atom stereocenters. The molecule has 0 aliphatic rings. The molecular formula is C23H22N4O2S. The van der Waals surface area contributed by atoms with E-state index in [-0.39, 0.29) is 18.4 Å². The van der Waals surface area contributed by atoms with Gasteiger partial charge in [0.25, 0.3) is 0 Å². The number of hydrogen-bond donors (Lipinski definition) is 2. The summed E-state index contributed by atoms with van der Waals surface area (Å²) in [5.74, 6) is 1.31. The first-order valence-electron chi connectivity index (χ1n) is 9.72. The van der Waals surface area contributed by atoms with Gasteiger partial charge in [0.1, 0.15) is 11.8 Å². The first kappa shape index (κ1) is 19.8. The molecule has 7 heteroatoms. The molecule has 1 amide bonds. The van der Waals surface area contributed by atoms with Gasteiger partial charge in [-0.3, -0.25) is 14.5 Å². The van der Waals surface area contributed by atoms with Crippen LogP contribution in [0, 0.1) is 11.7 Å². The highest BCUT2D eigenvalue weighted by atomic mass is 32.1. The van der Waals surface area contributed by atoms with E-state index in [0.717, 1.165) is 17.0 Å². The molecule has 0 aliphatic carbocycles. The maximum Gasteiger partial charge on any atom is 0.222 e. The second-order valence-corrected chi connectivity index (χ2v) is 7.43. The van der Waals surface area contributed by atoms with Crippen LogP contribution in [-0.4, -0.2) is 20.7 Å². The number of H-pyrrole nitrogens is 1. The van der Waals surface area contributed by atoms with Crippen molar-refractivity contribution >= 4 is 18.1 Å². The number of carbonyl (C=O) groups is 1. The maximum atomic E-state index is 12.8. The van der Waals surface area contributed by atoms with Gasteiger partial charge in [-0.05, 0) is 36.8 Å². The Bertz CT molecular complexity index is 1160. The third-order valence-electron chi connectivity index (χ3n) is 4.90. The molecule has 0 radical (unpaired) electrons. The molecule has 30 heavy (non-hydrogen) atoms. The van der Waals surface area contributed by atoms with Gasteiger partial charge < -0.3 is 9.73 Å². The minimum Gasteiger partial charge on any atom is -0.467 e. The van der Waals surface area contributed by atoms with Gasteiger partial charge in [0, 0.05) is 18.5 Å². The van der Waals surface area contributed by atoms with Crippen molar-refractivity contribution in [1.29, 1.82) is 0 Å². The van der Waals surface area contributed by atoms with Crippen LogP contribution in [0.4, 0.5) is 0 Å². The number of aromatic nitrogens is 3. The number of furan rings is 1. The molecule has 4 aromatic rings. The average molecular weight is 419 g/mol. The molecule has 2 heterocycles. The fourth-order valence-electron chi connectivity index (χ4n) is 3.31. The van der Waals surface area contributed by atoms with Gasteiger partial charge >= 0.3 is 0 Å². The van der Waals surface area contributed by atoms with Crippen molar-refractivity contribution in [1.82, 2.24) is 20.1 Å². The monoisotopic (exact) mass is 418 g/mol. The third kappa shape index (κ3) is 4.41. The molecule has 1 unspecified atom stereocenters. The van der Waals surface area contributed by atoms with E-state index in [4.69, 9.17) is 16.6 Å². The molecule has 0 saturated heterocycles. The van der Waals surface area contributed by atoms with E-state index >= 15 is 0 Å². The van der Waals surface area contributed by atoms with E-state index < -0.39 is 0 Å². The zero-order chi connectivity index (χ0) is 20.9. The molecule has 4 rings (SSSR count). The van der Waals surface area contributed by atoms with Crippen LogP contribution in [0.5, 0.6) is 0 Å². The summed E-state index contributed by atoms with van der Waals surface area (Å²) in [7, 11) is 0. The van der Waals surface area contributed by atoms with Crippen LogP contribution in [0.25, 0.3) is 11.4 Å². The number of nitrogens with zero attached hydrogens (tertiary/aromatic N) is 2. The van der Waals surface area contributed by atoms with E-state index in [9.17, 15) is 4.79 Å². The maximum absolute atomic E-state index is 12.8. The Balaban J connectivity index is 1.49. The Hall–Kier alpha value is -3.45. The second-order valence-electron chi connectivity index (χ2n) is 7.05. The van der Waals surface area contributed by atoms with Gasteiger partial charge in [0.2, 0.25) is 5.91 Å². The fraction of sp³-hybridized carbons (Fsp3) is 0.174. The molecule has 0 saturated carbocycles. The van der Waals surface area contributed by atoms with Crippen LogP contribution in [0.3, 0.4) is 0 Å². The van der Waals surface area contributed by atoms with E-state index in [1.54, 1.807) is 6.26 Å². The molecule has 2 aromatic carbocycles. The van der Waals surface area contributed by atoms with Gasteiger partial charge in [0.15, 0.2) is 10.6 Å². The molecule has 0 spiro atoms. The Morgan fingerprint density at radius 2 is 1.90 bits per heavy atom. The number of carbonyl (C=O) groups excluding carboxylic acids is 1. The van der Waals surface area contributed by atoms with Crippen molar-refractivity contribution in [3.05, 3.63) is 94.7 Å². The summed E-state index contributed by atoms with van der Waals surface area (Å²) in [6.07, 6.45) is 1.87. The predicted octanol–water partition coefficient (Wildman–Crippen LogP) is 4.81. The summed E-state index contributed by atoms with van der Waals surface area (Å²) >= 11 is 5.38. The number of aryl methyl sites for hydroxylation is 1. The molecule has 0 aliphatic heterocycles. The number of aromatic amines is 1. The van der Waals surface area contributed by atoms with Gasteiger partial charge in [-0.25, -0.2) is 0 Å². The van der Waals surface area contributed by atoms with Crippen molar-refractivity contribution in [3.63, 3.8) is 0 Å². The summed E-state index contributed by atoms with van der Waals surface area (Å²) in [6.45, 7) is 2.46. The van der Waals surface area contributed by atoms with Crippen molar-refractivity contribution in [3.8, 4) is 11.4 Å². The smallest absolute Gasteiger partial charge is 0.222 e. The Morgan fingerprint density at radius 1 is 1.13 bits per heavy atom. The second kappa shape index (κ2) is 8.92. The molecule has 2 aromatic heterocycles. The number of amides is 1. The van der Waals surface area contributed by atoms with Gasteiger partial charge in [-0.15, -0.1) is 0 Å². The highest BCUT2D eigenvalue weighted by Gasteiger charge is 2.19. The van der Waals surface area contributed by atoms with Crippen molar-refractivity contribution in [2.75, 3.05) is 0 Å². The predicted molar refractivity (Wildman–Crippen MR) is 117 cm³/mol. The summed E-state index contributed by atoms with van der Waals surface area (Å²) < 4.78 is 7.90. The normalized spacial score (nSPS) is 11.9. The van der Waals surface area contributed by atoms with Crippen LogP contribution in [0.1, 0.15) is 29.3 Å². The minimum absolute atomic E-state index is 0.0989. The Morgan fingerprint density at radius 3 is 2.60 bits per heavy atom. The van der Waals surface area contributed by atoms with Gasteiger partial charge in [-0.2, -0.15) is 5.10 Å². The van der Waals surface area contributed by atoms with Gasteiger partial charge in [-0.1, -0.05) is 60.2 Å². The molecule has 152 valence electrons. The fourth-order valence-corrected chi connectivity index (χ4v) is 3.54. The van der Waals surface area contributed by atoms with Crippen LogP contribution >= 0.6 is 12.2 Å². The van der Waals surface area contributed by atoms with Crippen LogP contribution in [0.15, 0.2) is 77.4 Å². The summed E-state index contributed by atoms with van der Waals surface area (Å²) in [5.41, 5.74) is 3.08. The third-order valence-corrected chi connectivity index (χ3v) is 5.21. The molecule has 0 fully saturated rings. The van der Waals surface area contributed by atoms with E-state index in [1.807, 2.05) is 78.2 Å². The lowest BCUT2D eigenvalue weighted by Crippen LogP contribution is -2.29. The first-order valence-corrected chi connectivity index (χ1v) is 10.1. The zero-order valence-corrected chi connectivity index (χ0v) is 17.4. The van der Waals surface area contributed by atoms with Crippen molar-refractivity contribution < 1.29 is 9.21 Å². The van der Waals surface area contributed by atoms with Crippen LogP contribution in [-0.2, 0) is 11.3 Å². The number of rotatable bonds is 7. The summed E-state index contributed by atoms with van der Waals surface area (Å²) in [6, 6.07) is 21.1. The first-order chi connectivity index (χ1) is 14.6. The lowest BCUT2D eigenvalue weighted by atomic mass is 10.0. The number of hydrogen-bond acceptors (Lipinski definition) is 4. The average Bonchev–Trinajstić information content (AvgIpc) is 3.42. The highest BCUT2D eigenvalue weighted by Crippen LogP contribution is 2.23. The minimum atomic E-state index is -0.345. The summed E-state index contributed by atoms with van der Waals surface area (Å²) in [5, 5.41) is 10.2. The standard InChI is InChI=1S/C23H22N4O2S/c1-16-9-11-18(12-10-16)22-25-26-23(30)27(22)14-13-20(28)24-21(19-8-5-15-29-19)17-6-3-2-4-7-17/h2-12,15,21H,13-14H2,1H3,(H,24,28)(H,26,30). The van der Waals surface area contributed by atoms with Crippen molar-refractivity contribution in [2.45, 2.75) is 25.9 Å². The Labute approximate surface area is 179 Å². The van der Waals surface area contributed by atoms with E-state index in [1.165, 1.54) is 5.56 Å². The molecule has 2 N–H and O–H groups in total. The SMILES string of the molecule is Cc1ccc(-c2n[nH]c(=S)n2CCC(=O)NC(c2ccccc2)c2ccco2)cc1. The van der Waals surface area contributed by atoms with E-state index in [2.05, 4.69) is 15.5 Å². The number of nitrogens with one attached hydrogen (secondary N) is 2. The lowest BCUT2D eigenvalue weighted by molar-refractivity contribution is -0.121. The molecule has 6 nitrogen and oxygen atoms in total. The number of benzene rings is 2. The lowest BCUT2D eigenvalue weighted by Gasteiger charge is -2.17. The van der Waals surface area contributed by atoms with E-state index in [0.29, 0.717) is 17.1 Å². The summed E-state index contributed by atoms with van der Waals surface area (Å²) in [4.78, 5) is 12.8. The quantitative estimate of drug-likeness (QED) is 0.423. The largest absolute Gasteiger partial charge is 0.467 e. The van der Waals surface area contributed by atoms with Crippen LogP contribution < -0.4 is 5.32 Å². The van der Waals surface area contributed by atoms with Crippen molar-refractivity contribution in [2.24, 2.45) is 0 Å². The highest BCUT2D eigenvalue weighted by molar-refractivity contribution is 7.71. The van der Waals surface area contributed by atoms with Gasteiger partial charge in [0.05, 0.1) is 6.26 Å². The molecular weight excluding hydrogens is 396 g/mol. The van der Waals surface area contributed by atoms with Crippen LogP contribution in [0.2, 0.25) is 0 Å². The zero-order valence-electron chi connectivity index (χ0n) is 16.5.